The first-order valence-electron chi connectivity index (χ1n) is 11.0. The first-order valence-corrected chi connectivity index (χ1v) is 11.0. The van der Waals surface area contributed by atoms with Crippen LogP contribution in [0.3, 0.4) is 0 Å². The summed E-state index contributed by atoms with van der Waals surface area (Å²) in [5.74, 6) is 0. The number of nitrogens with zero attached hydrogens (tertiary/aromatic N) is 2. The van der Waals surface area contributed by atoms with Gasteiger partial charge in [-0.3, -0.25) is 0 Å². The summed E-state index contributed by atoms with van der Waals surface area (Å²) >= 11 is 0. The third-order valence-electron chi connectivity index (χ3n) is 5.63. The largest absolute Gasteiger partial charge is 0.372 e. The fourth-order valence-electron chi connectivity index (χ4n) is 3.92. The minimum absolute atomic E-state index is 0.965. The Hall–Kier alpha value is -2.74. The van der Waals surface area contributed by atoms with Crippen molar-refractivity contribution in [3.63, 3.8) is 0 Å². The van der Waals surface area contributed by atoms with Gasteiger partial charge >= 0.3 is 0 Å². The summed E-state index contributed by atoms with van der Waals surface area (Å²) in [6.07, 6.45) is 3.43. The average Bonchev–Trinajstić information content (AvgIpc) is 2.78. The molecule has 0 heterocycles. The van der Waals surface area contributed by atoms with Crippen molar-refractivity contribution in [3.8, 4) is 0 Å². The summed E-state index contributed by atoms with van der Waals surface area (Å²) in [5.41, 5.74) is 6.68. The quantitative estimate of drug-likeness (QED) is 0.375. The maximum absolute atomic E-state index is 2.39. The normalized spacial score (nSPS) is 10.7. The van der Waals surface area contributed by atoms with Crippen LogP contribution in [-0.4, -0.2) is 19.6 Å². The highest BCUT2D eigenvalue weighted by Crippen LogP contribution is 2.25. The van der Waals surface area contributed by atoms with Gasteiger partial charge in [0, 0.05) is 36.7 Å². The van der Waals surface area contributed by atoms with Crippen molar-refractivity contribution in [3.05, 3.63) is 90.0 Å². The van der Waals surface area contributed by atoms with Crippen molar-refractivity contribution in [2.75, 3.05) is 29.4 Å². The van der Waals surface area contributed by atoms with Crippen LogP contribution in [0.2, 0.25) is 0 Å². The average molecular weight is 387 g/mol. The second kappa shape index (κ2) is 10.7. The second-order valence-electron chi connectivity index (χ2n) is 7.44. The molecule has 0 fully saturated rings. The Labute approximate surface area is 176 Å². The Balaban J connectivity index is 1.54. The lowest BCUT2D eigenvalue weighted by Crippen LogP contribution is -2.21. The monoisotopic (exact) mass is 386 g/mol. The summed E-state index contributed by atoms with van der Waals surface area (Å²) in [4.78, 5) is 4.74. The van der Waals surface area contributed by atoms with Crippen molar-refractivity contribution in [1.82, 2.24) is 0 Å². The Morgan fingerprint density at radius 1 is 0.517 bits per heavy atom. The molecule has 3 aromatic rings. The van der Waals surface area contributed by atoms with E-state index in [1.165, 1.54) is 34.6 Å². The van der Waals surface area contributed by atoms with Gasteiger partial charge in [-0.2, -0.15) is 0 Å². The molecule has 0 aliphatic carbocycles. The third-order valence-corrected chi connectivity index (χ3v) is 5.63. The molecule has 0 unspecified atom stereocenters. The summed E-state index contributed by atoms with van der Waals surface area (Å²) in [7, 11) is 0. The molecule has 0 atom stereocenters. The summed E-state index contributed by atoms with van der Waals surface area (Å²) in [6, 6.07) is 28.8. The fourth-order valence-corrected chi connectivity index (χ4v) is 3.92. The Morgan fingerprint density at radius 3 is 1.48 bits per heavy atom. The summed E-state index contributed by atoms with van der Waals surface area (Å²) in [6.45, 7) is 9.71. The van der Waals surface area contributed by atoms with Crippen LogP contribution in [0.1, 0.15) is 38.3 Å². The fraction of sp³-hybridized carbons (Fsp3) is 0.333. The summed E-state index contributed by atoms with van der Waals surface area (Å²) in [5, 5.41) is 0. The molecule has 0 aliphatic rings. The number of para-hydroxylation sites is 1. The molecule has 0 saturated heterocycles. The zero-order valence-corrected chi connectivity index (χ0v) is 18.1. The minimum Gasteiger partial charge on any atom is -0.372 e. The predicted octanol–water partition coefficient (Wildman–Crippen LogP) is 6.87. The third kappa shape index (κ3) is 5.63. The standard InChI is InChI=1S/C27H34N2/c1-4-28(5-2)25-19-15-23(16-20-25)11-10-12-24-17-21-27(22-18-24)29(6-3)26-13-8-7-9-14-26/h7-9,13-22H,4-6,10-12H2,1-3H3. The molecule has 3 rings (SSSR count). The van der Waals surface area contributed by atoms with Crippen LogP contribution in [-0.2, 0) is 12.8 Å². The molecular weight excluding hydrogens is 352 g/mol. The van der Waals surface area contributed by atoms with Crippen LogP contribution in [0.4, 0.5) is 17.1 Å². The van der Waals surface area contributed by atoms with Crippen molar-refractivity contribution in [1.29, 1.82) is 0 Å². The van der Waals surface area contributed by atoms with Gasteiger partial charge in [0.2, 0.25) is 0 Å². The molecule has 152 valence electrons. The number of rotatable bonds is 10. The molecule has 0 aliphatic heterocycles. The molecule has 0 saturated carbocycles. The lowest BCUT2D eigenvalue weighted by molar-refractivity contribution is 0.818. The van der Waals surface area contributed by atoms with E-state index >= 15 is 0 Å². The zero-order valence-electron chi connectivity index (χ0n) is 18.1. The molecule has 2 heteroatoms. The lowest BCUT2D eigenvalue weighted by atomic mass is 10.0. The second-order valence-corrected chi connectivity index (χ2v) is 7.44. The van der Waals surface area contributed by atoms with Gasteiger partial charge in [0.1, 0.15) is 0 Å². The molecule has 3 aromatic carbocycles. The van der Waals surface area contributed by atoms with Crippen LogP contribution < -0.4 is 9.80 Å². The Bertz CT molecular complexity index is 834. The Morgan fingerprint density at radius 2 is 1.00 bits per heavy atom. The van der Waals surface area contributed by atoms with Gasteiger partial charge < -0.3 is 9.80 Å². The van der Waals surface area contributed by atoms with Crippen LogP contribution in [0, 0.1) is 0 Å². The highest BCUT2D eigenvalue weighted by Gasteiger charge is 2.07. The van der Waals surface area contributed by atoms with E-state index in [2.05, 4.69) is 109 Å². The minimum atomic E-state index is 0.965. The predicted molar refractivity (Wildman–Crippen MR) is 128 cm³/mol. The molecule has 0 amide bonds. The van der Waals surface area contributed by atoms with Crippen LogP contribution in [0.5, 0.6) is 0 Å². The van der Waals surface area contributed by atoms with Crippen molar-refractivity contribution in [2.24, 2.45) is 0 Å². The van der Waals surface area contributed by atoms with Crippen molar-refractivity contribution < 1.29 is 0 Å². The van der Waals surface area contributed by atoms with Gasteiger partial charge in [0.05, 0.1) is 0 Å². The van der Waals surface area contributed by atoms with Gasteiger partial charge in [-0.25, -0.2) is 0 Å². The van der Waals surface area contributed by atoms with E-state index in [9.17, 15) is 0 Å². The molecule has 29 heavy (non-hydrogen) atoms. The zero-order chi connectivity index (χ0) is 20.5. The molecule has 0 N–H and O–H groups in total. The van der Waals surface area contributed by atoms with Gasteiger partial charge in [0.25, 0.3) is 0 Å². The van der Waals surface area contributed by atoms with Crippen LogP contribution in [0.25, 0.3) is 0 Å². The highest BCUT2D eigenvalue weighted by atomic mass is 15.1. The van der Waals surface area contributed by atoms with Gasteiger partial charge in [0.15, 0.2) is 0 Å². The number of hydrogen-bond acceptors (Lipinski definition) is 2. The van der Waals surface area contributed by atoms with Gasteiger partial charge in [-0.15, -0.1) is 0 Å². The maximum Gasteiger partial charge on any atom is 0.0410 e. The van der Waals surface area contributed by atoms with E-state index in [1.807, 2.05) is 0 Å². The molecule has 0 bridgehead atoms. The van der Waals surface area contributed by atoms with Gasteiger partial charge in [-0.05, 0) is 87.6 Å². The molecule has 0 aromatic heterocycles. The first kappa shape index (κ1) is 21.0. The SMILES string of the molecule is CCN(CC)c1ccc(CCCc2ccc(N(CC)c3ccccc3)cc2)cc1. The molecule has 0 spiro atoms. The number of hydrogen-bond donors (Lipinski definition) is 0. The first-order chi connectivity index (χ1) is 14.2. The van der Waals surface area contributed by atoms with E-state index in [0.717, 1.165) is 32.5 Å². The molecule has 2 nitrogen and oxygen atoms in total. The lowest BCUT2D eigenvalue weighted by Gasteiger charge is -2.23. The van der Waals surface area contributed by atoms with E-state index in [-0.39, 0.29) is 0 Å². The van der Waals surface area contributed by atoms with Gasteiger partial charge in [-0.1, -0.05) is 42.5 Å². The maximum atomic E-state index is 2.39. The van der Waals surface area contributed by atoms with E-state index in [0.29, 0.717) is 0 Å². The van der Waals surface area contributed by atoms with Crippen LogP contribution >= 0.6 is 0 Å². The topological polar surface area (TPSA) is 6.48 Å². The molecule has 0 radical (unpaired) electrons. The van der Waals surface area contributed by atoms with Crippen molar-refractivity contribution in [2.45, 2.75) is 40.0 Å². The van der Waals surface area contributed by atoms with E-state index < -0.39 is 0 Å². The highest BCUT2D eigenvalue weighted by molar-refractivity contribution is 5.63. The van der Waals surface area contributed by atoms with E-state index in [1.54, 1.807) is 0 Å². The summed E-state index contributed by atoms with van der Waals surface area (Å²) < 4.78 is 0. The molecular formula is C27H34N2. The Kier molecular flexibility index (Phi) is 7.75. The number of aryl methyl sites for hydroxylation is 2. The van der Waals surface area contributed by atoms with Crippen molar-refractivity contribution >= 4 is 17.1 Å². The van der Waals surface area contributed by atoms with Crippen LogP contribution in [0.15, 0.2) is 78.9 Å². The smallest absolute Gasteiger partial charge is 0.0410 e. The van der Waals surface area contributed by atoms with E-state index in [4.69, 9.17) is 0 Å². The number of anilines is 3. The number of benzene rings is 3.